The Morgan fingerprint density at radius 1 is 1.67 bits per heavy atom. The molecule has 2 atom stereocenters. The van der Waals surface area contributed by atoms with Gasteiger partial charge in [0.2, 0.25) is 0 Å². The predicted molar refractivity (Wildman–Crippen MR) is 43.8 cm³/mol. The summed E-state index contributed by atoms with van der Waals surface area (Å²) in [5.41, 5.74) is 0.935. The molecule has 12 heavy (non-hydrogen) atoms. The molecule has 0 saturated carbocycles. The molecule has 1 aromatic heterocycles. The summed E-state index contributed by atoms with van der Waals surface area (Å²) in [6.07, 6.45) is 3.38. The molecular formula is C8H12N2O2. The Morgan fingerprint density at radius 3 is 2.75 bits per heavy atom. The van der Waals surface area contributed by atoms with Gasteiger partial charge in [-0.3, -0.25) is 9.89 Å². The number of aromatic amines is 1. The average Bonchev–Trinajstić information content (AvgIpc) is 2.53. The Bertz CT molecular complexity index is 256. The van der Waals surface area contributed by atoms with E-state index in [1.807, 2.05) is 6.92 Å². The second kappa shape index (κ2) is 3.38. The summed E-state index contributed by atoms with van der Waals surface area (Å²) in [5, 5.41) is 15.1. The first-order valence-electron chi connectivity index (χ1n) is 3.84. The maximum Gasteiger partial charge on any atom is 0.306 e. The van der Waals surface area contributed by atoms with Crippen LogP contribution in [0, 0.1) is 5.92 Å². The number of aliphatic carboxylic acids is 1. The highest BCUT2D eigenvalue weighted by molar-refractivity contribution is 5.70. The fourth-order valence-electron chi connectivity index (χ4n) is 1.01. The zero-order valence-electron chi connectivity index (χ0n) is 7.11. The van der Waals surface area contributed by atoms with Crippen molar-refractivity contribution in [1.29, 1.82) is 0 Å². The van der Waals surface area contributed by atoms with Crippen molar-refractivity contribution < 1.29 is 9.90 Å². The Morgan fingerprint density at radius 2 is 2.33 bits per heavy atom. The second-order valence-corrected chi connectivity index (χ2v) is 2.95. The van der Waals surface area contributed by atoms with E-state index < -0.39 is 5.97 Å². The van der Waals surface area contributed by atoms with Crippen molar-refractivity contribution in [2.45, 2.75) is 19.8 Å². The van der Waals surface area contributed by atoms with Crippen molar-refractivity contribution in [2.75, 3.05) is 0 Å². The molecule has 0 aliphatic carbocycles. The molecule has 0 aliphatic heterocycles. The highest BCUT2D eigenvalue weighted by atomic mass is 16.4. The molecule has 2 unspecified atom stereocenters. The third-order valence-corrected chi connectivity index (χ3v) is 2.18. The van der Waals surface area contributed by atoms with Crippen LogP contribution in [-0.2, 0) is 4.79 Å². The minimum absolute atomic E-state index is 0.00116. The summed E-state index contributed by atoms with van der Waals surface area (Å²) < 4.78 is 0. The van der Waals surface area contributed by atoms with Gasteiger partial charge in [-0.15, -0.1) is 0 Å². The molecule has 1 aromatic rings. The number of rotatable bonds is 3. The average molecular weight is 168 g/mol. The van der Waals surface area contributed by atoms with Gasteiger partial charge in [-0.05, 0) is 11.5 Å². The van der Waals surface area contributed by atoms with Crippen LogP contribution in [0.5, 0.6) is 0 Å². The maximum absolute atomic E-state index is 10.6. The summed E-state index contributed by atoms with van der Waals surface area (Å²) in [6.45, 7) is 3.57. The number of hydrogen-bond acceptors (Lipinski definition) is 2. The highest BCUT2D eigenvalue weighted by Gasteiger charge is 2.21. The van der Waals surface area contributed by atoms with Crippen LogP contribution >= 0.6 is 0 Å². The fraction of sp³-hybridized carbons (Fsp3) is 0.500. The van der Waals surface area contributed by atoms with Crippen LogP contribution < -0.4 is 0 Å². The third-order valence-electron chi connectivity index (χ3n) is 2.18. The van der Waals surface area contributed by atoms with Gasteiger partial charge >= 0.3 is 5.97 Å². The monoisotopic (exact) mass is 168 g/mol. The topological polar surface area (TPSA) is 66.0 Å². The number of carboxylic acid groups (broad SMARTS) is 1. The van der Waals surface area contributed by atoms with Gasteiger partial charge in [-0.2, -0.15) is 5.10 Å². The second-order valence-electron chi connectivity index (χ2n) is 2.95. The largest absolute Gasteiger partial charge is 0.481 e. The van der Waals surface area contributed by atoms with Crippen LogP contribution in [0.25, 0.3) is 0 Å². The number of nitrogens with zero attached hydrogens (tertiary/aromatic N) is 1. The number of carbonyl (C=O) groups is 1. The molecule has 0 radical (unpaired) electrons. The van der Waals surface area contributed by atoms with Gasteiger partial charge in [0, 0.05) is 6.20 Å². The number of hydrogen-bond donors (Lipinski definition) is 2. The normalized spacial score (nSPS) is 15.5. The maximum atomic E-state index is 10.6. The van der Waals surface area contributed by atoms with E-state index in [4.69, 9.17) is 5.11 Å². The van der Waals surface area contributed by atoms with Crippen molar-refractivity contribution in [3.63, 3.8) is 0 Å². The molecule has 0 saturated heterocycles. The SMILES string of the molecule is CC(C(=O)O)C(C)c1cn[nH]c1. The lowest BCUT2D eigenvalue weighted by atomic mass is 9.91. The molecule has 2 N–H and O–H groups in total. The van der Waals surface area contributed by atoms with E-state index in [1.165, 1.54) is 0 Å². The first-order valence-corrected chi connectivity index (χ1v) is 3.84. The molecule has 66 valence electrons. The van der Waals surface area contributed by atoms with Crippen LogP contribution in [-0.4, -0.2) is 21.3 Å². The minimum atomic E-state index is -0.774. The first kappa shape index (κ1) is 8.77. The fourth-order valence-corrected chi connectivity index (χ4v) is 1.01. The Hall–Kier alpha value is -1.32. The van der Waals surface area contributed by atoms with Crippen LogP contribution in [0.15, 0.2) is 12.4 Å². The van der Waals surface area contributed by atoms with E-state index in [2.05, 4.69) is 10.2 Å². The number of nitrogens with one attached hydrogen (secondary N) is 1. The van der Waals surface area contributed by atoms with Crippen molar-refractivity contribution in [3.8, 4) is 0 Å². The van der Waals surface area contributed by atoms with Crippen LogP contribution in [0.4, 0.5) is 0 Å². The van der Waals surface area contributed by atoms with Crippen molar-refractivity contribution in [3.05, 3.63) is 18.0 Å². The van der Waals surface area contributed by atoms with Gasteiger partial charge in [0.15, 0.2) is 0 Å². The summed E-state index contributed by atoms with van der Waals surface area (Å²) in [5.74, 6) is -1.15. The standard InChI is InChI=1S/C8H12N2O2/c1-5(6(2)8(11)12)7-3-9-10-4-7/h3-6H,1-2H3,(H,9,10)(H,11,12). The Balaban J connectivity index is 2.71. The lowest BCUT2D eigenvalue weighted by Gasteiger charge is -2.13. The third kappa shape index (κ3) is 1.64. The first-order chi connectivity index (χ1) is 5.63. The van der Waals surface area contributed by atoms with E-state index in [1.54, 1.807) is 19.3 Å². The van der Waals surface area contributed by atoms with Gasteiger partial charge in [0.25, 0.3) is 0 Å². The lowest BCUT2D eigenvalue weighted by Crippen LogP contribution is -2.16. The van der Waals surface area contributed by atoms with Gasteiger partial charge in [-0.1, -0.05) is 13.8 Å². The molecule has 0 aliphatic rings. The quantitative estimate of drug-likeness (QED) is 0.713. The van der Waals surface area contributed by atoms with Crippen LogP contribution in [0.2, 0.25) is 0 Å². The lowest BCUT2D eigenvalue weighted by molar-refractivity contribution is -0.141. The van der Waals surface area contributed by atoms with E-state index >= 15 is 0 Å². The molecule has 0 fully saturated rings. The Kier molecular flexibility index (Phi) is 2.47. The van der Waals surface area contributed by atoms with E-state index in [0.717, 1.165) is 5.56 Å². The van der Waals surface area contributed by atoms with Crippen LogP contribution in [0.1, 0.15) is 25.3 Å². The Labute approximate surface area is 70.6 Å². The van der Waals surface area contributed by atoms with Gasteiger partial charge in [0.1, 0.15) is 0 Å². The van der Waals surface area contributed by atoms with Crippen molar-refractivity contribution in [1.82, 2.24) is 10.2 Å². The molecule has 1 rings (SSSR count). The molecule has 0 spiro atoms. The molecule has 0 bridgehead atoms. The van der Waals surface area contributed by atoms with Crippen LogP contribution in [0.3, 0.4) is 0 Å². The number of carboxylic acids is 1. The molecule has 0 aromatic carbocycles. The highest BCUT2D eigenvalue weighted by Crippen LogP contribution is 2.22. The zero-order chi connectivity index (χ0) is 9.14. The number of H-pyrrole nitrogens is 1. The summed E-state index contributed by atoms with van der Waals surface area (Å²) in [7, 11) is 0. The van der Waals surface area contributed by atoms with Crippen molar-refractivity contribution in [2.24, 2.45) is 5.92 Å². The van der Waals surface area contributed by atoms with E-state index in [-0.39, 0.29) is 11.8 Å². The molecule has 1 heterocycles. The van der Waals surface area contributed by atoms with E-state index in [0.29, 0.717) is 0 Å². The molecule has 4 nitrogen and oxygen atoms in total. The molecule has 4 heteroatoms. The summed E-state index contributed by atoms with van der Waals surface area (Å²) >= 11 is 0. The van der Waals surface area contributed by atoms with E-state index in [9.17, 15) is 4.79 Å². The summed E-state index contributed by atoms with van der Waals surface area (Å²) in [4.78, 5) is 10.6. The molecular weight excluding hydrogens is 156 g/mol. The smallest absolute Gasteiger partial charge is 0.306 e. The van der Waals surface area contributed by atoms with Gasteiger partial charge in [-0.25, -0.2) is 0 Å². The zero-order valence-corrected chi connectivity index (χ0v) is 7.11. The van der Waals surface area contributed by atoms with Gasteiger partial charge in [0.05, 0.1) is 12.1 Å². The summed E-state index contributed by atoms with van der Waals surface area (Å²) in [6, 6.07) is 0. The number of aromatic nitrogens is 2. The predicted octanol–water partition coefficient (Wildman–Crippen LogP) is 1.23. The molecule has 0 amide bonds. The van der Waals surface area contributed by atoms with Crippen molar-refractivity contribution >= 4 is 5.97 Å². The minimum Gasteiger partial charge on any atom is -0.481 e. The van der Waals surface area contributed by atoms with Gasteiger partial charge < -0.3 is 5.11 Å².